The minimum absolute atomic E-state index is 0.0653. The van der Waals surface area contributed by atoms with Crippen molar-refractivity contribution in [1.82, 2.24) is 9.97 Å². The van der Waals surface area contributed by atoms with Crippen LogP contribution in [-0.2, 0) is 0 Å². The number of fused-ring (bicyclic) bond motifs is 1. The summed E-state index contributed by atoms with van der Waals surface area (Å²) < 4.78 is 13.5. The molecule has 1 aliphatic carbocycles. The molecule has 2 aliphatic rings. The SMILES string of the molecule is N#CCC1C2CN(c3nc(Cl)ncc3F)CC12. The van der Waals surface area contributed by atoms with Gasteiger partial charge in [-0.25, -0.2) is 9.37 Å². The van der Waals surface area contributed by atoms with Gasteiger partial charge in [0.25, 0.3) is 0 Å². The molecule has 17 heavy (non-hydrogen) atoms. The number of nitrogens with zero attached hydrogens (tertiary/aromatic N) is 4. The van der Waals surface area contributed by atoms with Gasteiger partial charge in [0.15, 0.2) is 11.6 Å². The third-order valence-corrected chi connectivity index (χ3v) is 3.88. The first-order valence-corrected chi connectivity index (χ1v) is 5.88. The Hall–Kier alpha value is -1.41. The second-order valence-electron chi connectivity index (χ2n) is 4.57. The van der Waals surface area contributed by atoms with Gasteiger partial charge in [0.05, 0.1) is 12.3 Å². The Bertz CT molecular complexity index is 489. The Morgan fingerprint density at radius 1 is 1.53 bits per heavy atom. The van der Waals surface area contributed by atoms with Crippen LogP contribution >= 0.6 is 11.6 Å². The summed E-state index contributed by atoms with van der Waals surface area (Å²) in [5.74, 6) is 1.38. The van der Waals surface area contributed by atoms with Crippen molar-refractivity contribution in [3.63, 3.8) is 0 Å². The highest BCUT2D eigenvalue weighted by Gasteiger charge is 2.55. The number of anilines is 1. The molecule has 0 aromatic carbocycles. The molecule has 2 fully saturated rings. The molecule has 2 atom stereocenters. The quantitative estimate of drug-likeness (QED) is 0.754. The highest BCUT2D eigenvalue weighted by molar-refractivity contribution is 6.28. The van der Waals surface area contributed by atoms with E-state index in [0.29, 0.717) is 24.2 Å². The smallest absolute Gasteiger partial charge is 0.224 e. The topological polar surface area (TPSA) is 52.8 Å². The van der Waals surface area contributed by atoms with Crippen molar-refractivity contribution >= 4 is 17.4 Å². The second-order valence-corrected chi connectivity index (χ2v) is 4.91. The molecule has 88 valence electrons. The molecule has 0 N–H and O–H groups in total. The summed E-state index contributed by atoms with van der Waals surface area (Å²) in [5.41, 5.74) is 0. The third kappa shape index (κ3) is 1.73. The first-order valence-electron chi connectivity index (χ1n) is 5.50. The molecule has 2 heterocycles. The van der Waals surface area contributed by atoms with Gasteiger partial charge in [0.1, 0.15) is 0 Å². The van der Waals surface area contributed by atoms with E-state index in [-0.39, 0.29) is 11.1 Å². The number of rotatable bonds is 2. The fourth-order valence-corrected chi connectivity index (χ4v) is 2.92. The van der Waals surface area contributed by atoms with Crippen LogP contribution in [0.4, 0.5) is 10.2 Å². The number of hydrogen-bond donors (Lipinski definition) is 0. The Morgan fingerprint density at radius 3 is 2.88 bits per heavy atom. The second kappa shape index (κ2) is 3.81. The van der Waals surface area contributed by atoms with E-state index in [1.54, 1.807) is 0 Å². The van der Waals surface area contributed by atoms with Crippen molar-refractivity contribution < 1.29 is 4.39 Å². The molecule has 4 nitrogen and oxygen atoms in total. The van der Waals surface area contributed by atoms with Crippen molar-refractivity contribution in [3.05, 3.63) is 17.3 Å². The molecular formula is C11H10ClFN4. The predicted octanol–water partition coefficient (Wildman–Crippen LogP) is 1.86. The van der Waals surface area contributed by atoms with Crippen LogP contribution < -0.4 is 4.90 Å². The number of aromatic nitrogens is 2. The largest absolute Gasteiger partial charge is 0.353 e. The van der Waals surface area contributed by atoms with Gasteiger partial charge in [-0.3, -0.25) is 0 Å². The van der Waals surface area contributed by atoms with E-state index in [9.17, 15) is 4.39 Å². The minimum Gasteiger partial charge on any atom is -0.353 e. The zero-order valence-corrected chi connectivity index (χ0v) is 9.73. The molecule has 1 saturated heterocycles. The van der Waals surface area contributed by atoms with E-state index in [1.807, 2.05) is 4.90 Å². The molecule has 1 aliphatic heterocycles. The predicted molar refractivity (Wildman–Crippen MR) is 59.9 cm³/mol. The van der Waals surface area contributed by atoms with Crippen LogP contribution in [0, 0.1) is 34.9 Å². The number of hydrogen-bond acceptors (Lipinski definition) is 4. The third-order valence-electron chi connectivity index (χ3n) is 3.69. The molecular weight excluding hydrogens is 243 g/mol. The summed E-state index contributed by atoms with van der Waals surface area (Å²) >= 11 is 5.66. The zero-order valence-electron chi connectivity index (χ0n) is 8.98. The molecule has 0 bridgehead atoms. The lowest BCUT2D eigenvalue weighted by Crippen LogP contribution is -2.26. The Kier molecular flexibility index (Phi) is 2.40. The van der Waals surface area contributed by atoms with Gasteiger partial charge in [-0.05, 0) is 29.4 Å². The summed E-state index contributed by atoms with van der Waals surface area (Å²) in [4.78, 5) is 9.41. The van der Waals surface area contributed by atoms with Crippen LogP contribution in [0.2, 0.25) is 5.28 Å². The van der Waals surface area contributed by atoms with Gasteiger partial charge in [0.2, 0.25) is 5.28 Å². The highest BCUT2D eigenvalue weighted by Crippen LogP contribution is 2.54. The van der Waals surface area contributed by atoms with Gasteiger partial charge < -0.3 is 4.90 Å². The van der Waals surface area contributed by atoms with Crippen molar-refractivity contribution in [2.45, 2.75) is 6.42 Å². The van der Waals surface area contributed by atoms with Gasteiger partial charge in [-0.15, -0.1) is 0 Å². The van der Waals surface area contributed by atoms with Crippen LogP contribution in [0.25, 0.3) is 0 Å². The van der Waals surface area contributed by atoms with E-state index in [2.05, 4.69) is 16.0 Å². The van der Waals surface area contributed by atoms with E-state index < -0.39 is 5.82 Å². The first kappa shape index (κ1) is 10.7. The van der Waals surface area contributed by atoms with Gasteiger partial charge in [-0.2, -0.15) is 10.2 Å². The Labute approximate surface area is 103 Å². The lowest BCUT2D eigenvalue weighted by Gasteiger charge is -2.20. The van der Waals surface area contributed by atoms with E-state index >= 15 is 0 Å². The number of piperidine rings is 1. The molecule has 2 unspecified atom stereocenters. The summed E-state index contributed by atoms with van der Waals surface area (Å²) in [6.45, 7) is 1.53. The maximum Gasteiger partial charge on any atom is 0.224 e. The first-order chi connectivity index (χ1) is 8.20. The summed E-state index contributed by atoms with van der Waals surface area (Å²) in [5, 5.41) is 8.70. The van der Waals surface area contributed by atoms with Crippen molar-refractivity contribution in [3.8, 4) is 6.07 Å². The number of halogens is 2. The molecule has 1 aromatic heterocycles. The lowest BCUT2D eigenvalue weighted by molar-refractivity contribution is 0.589. The van der Waals surface area contributed by atoms with Crippen molar-refractivity contribution in [2.75, 3.05) is 18.0 Å². The van der Waals surface area contributed by atoms with E-state index in [1.165, 1.54) is 0 Å². The molecule has 0 amide bonds. The Balaban J connectivity index is 1.73. The molecule has 1 aromatic rings. The van der Waals surface area contributed by atoms with Crippen LogP contribution in [0.15, 0.2) is 6.20 Å². The molecule has 0 spiro atoms. The van der Waals surface area contributed by atoms with Crippen LogP contribution in [0.3, 0.4) is 0 Å². The van der Waals surface area contributed by atoms with Gasteiger partial charge in [-0.1, -0.05) is 0 Å². The molecule has 0 radical (unpaired) electrons. The average Bonchev–Trinajstić information content (AvgIpc) is 2.76. The lowest BCUT2D eigenvalue weighted by atomic mass is 10.2. The van der Waals surface area contributed by atoms with Crippen molar-refractivity contribution in [1.29, 1.82) is 5.26 Å². The summed E-state index contributed by atoms with van der Waals surface area (Å²) in [6.07, 6.45) is 1.71. The summed E-state index contributed by atoms with van der Waals surface area (Å²) in [6, 6.07) is 2.19. The van der Waals surface area contributed by atoms with Crippen LogP contribution in [-0.4, -0.2) is 23.1 Å². The van der Waals surface area contributed by atoms with Gasteiger partial charge >= 0.3 is 0 Å². The normalized spacial score (nSPS) is 29.9. The number of nitriles is 1. The fourth-order valence-electron chi connectivity index (χ4n) is 2.79. The monoisotopic (exact) mass is 252 g/mol. The van der Waals surface area contributed by atoms with Crippen LogP contribution in [0.5, 0.6) is 0 Å². The highest BCUT2D eigenvalue weighted by atomic mass is 35.5. The molecule has 1 saturated carbocycles. The van der Waals surface area contributed by atoms with E-state index in [4.69, 9.17) is 16.9 Å². The van der Waals surface area contributed by atoms with Crippen molar-refractivity contribution in [2.24, 2.45) is 17.8 Å². The molecule has 6 heteroatoms. The standard InChI is InChI=1S/C11H10ClFN4/c12-11-15-3-9(13)10(16-11)17-4-7-6(1-2-14)8(7)5-17/h3,6-8H,1,4-5H2. The summed E-state index contributed by atoms with van der Waals surface area (Å²) in [7, 11) is 0. The minimum atomic E-state index is -0.437. The molecule has 3 rings (SSSR count). The maximum atomic E-state index is 13.5. The van der Waals surface area contributed by atoms with Crippen LogP contribution in [0.1, 0.15) is 6.42 Å². The van der Waals surface area contributed by atoms with E-state index in [0.717, 1.165) is 19.3 Å². The Morgan fingerprint density at radius 2 is 2.24 bits per heavy atom. The maximum absolute atomic E-state index is 13.5. The fraction of sp³-hybridized carbons (Fsp3) is 0.545. The van der Waals surface area contributed by atoms with Gasteiger partial charge in [0, 0.05) is 19.5 Å². The average molecular weight is 253 g/mol. The zero-order chi connectivity index (χ0) is 12.0.